The maximum Gasteiger partial charge on any atom is 0.220 e. The van der Waals surface area contributed by atoms with Gasteiger partial charge < -0.3 is 89.9 Å². The van der Waals surface area contributed by atoms with Gasteiger partial charge in [0.2, 0.25) is 5.91 Å². The summed E-state index contributed by atoms with van der Waals surface area (Å²) in [5.41, 5.74) is 0. The Labute approximate surface area is 500 Å². The molecule has 3 heterocycles. The van der Waals surface area contributed by atoms with Gasteiger partial charge in [-0.15, -0.1) is 0 Å². The molecule has 3 rings (SSSR count). The second-order valence-corrected chi connectivity index (χ2v) is 24.7. The van der Waals surface area contributed by atoms with E-state index in [-0.39, 0.29) is 18.9 Å². The van der Waals surface area contributed by atoms with Crippen LogP contribution in [0.2, 0.25) is 0 Å². The van der Waals surface area contributed by atoms with Gasteiger partial charge in [0, 0.05) is 6.42 Å². The molecule has 0 aromatic heterocycles. The Kier molecular flexibility index (Phi) is 43.7. The van der Waals surface area contributed by atoms with Gasteiger partial charge in [-0.05, 0) is 12.8 Å². The van der Waals surface area contributed by atoms with E-state index >= 15 is 0 Å². The molecule has 0 aromatic carbocycles. The third-order valence-corrected chi connectivity index (χ3v) is 17.4. The maximum atomic E-state index is 13.4. The zero-order valence-corrected chi connectivity index (χ0v) is 51.7. The van der Waals surface area contributed by atoms with Crippen molar-refractivity contribution in [3.63, 3.8) is 0 Å². The number of aliphatic hydroxyl groups is 11. The Balaban J connectivity index is 1.44. The van der Waals surface area contributed by atoms with Crippen LogP contribution in [-0.2, 0) is 33.2 Å². The molecule has 3 fully saturated rings. The molecule has 0 bridgehead atoms. The van der Waals surface area contributed by atoms with E-state index in [0.717, 1.165) is 44.9 Å². The summed E-state index contributed by atoms with van der Waals surface area (Å²) in [7, 11) is 0. The van der Waals surface area contributed by atoms with Gasteiger partial charge in [0.1, 0.15) is 73.2 Å². The first kappa shape index (κ1) is 76.0. The van der Waals surface area contributed by atoms with Crippen molar-refractivity contribution in [2.24, 2.45) is 0 Å². The lowest BCUT2D eigenvalue weighted by atomic mass is 9.96. The van der Waals surface area contributed by atoms with Crippen LogP contribution in [0.25, 0.3) is 0 Å². The molecule has 0 aliphatic carbocycles. The number of ether oxygens (including phenoxy) is 6. The van der Waals surface area contributed by atoms with Gasteiger partial charge in [-0.1, -0.05) is 251 Å². The van der Waals surface area contributed by atoms with E-state index < -0.39 is 124 Å². The first-order chi connectivity index (χ1) is 40.3. The third kappa shape index (κ3) is 30.7. The summed E-state index contributed by atoms with van der Waals surface area (Å²) in [6, 6.07) is -0.881. The molecular weight excluding hydrogens is 1070 g/mol. The number of hydrogen-bond donors (Lipinski definition) is 12. The highest BCUT2D eigenvalue weighted by atomic mass is 16.8. The lowest BCUT2D eigenvalue weighted by Crippen LogP contribution is -2.66. The fourth-order valence-corrected chi connectivity index (χ4v) is 11.9. The van der Waals surface area contributed by atoms with Gasteiger partial charge in [0.05, 0.1) is 38.6 Å². The minimum Gasteiger partial charge on any atom is -0.394 e. The number of unbranched alkanes of at least 4 members (excludes halogenated alkanes) is 36. The van der Waals surface area contributed by atoms with Gasteiger partial charge in [0.25, 0.3) is 0 Å². The maximum absolute atomic E-state index is 13.4. The van der Waals surface area contributed by atoms with Crippen LogP contribution in [0, 0.1) is 0 Å². The highest BCUT2D eigenvalue weighted by Crippen LogP contribution is 2.33. The normalized spacial score (nSPS) is 29.3. The summed E-state index contributed by atoms with van der Waals surface area (Å²) in [6.07, 6.45) is 21.8. The van der Waals surface area contributed by atoms with Crippen molar-refractivity contribution in [3.8, 4) is 0 Å². The molecule has 17 unspecified atom stereocenters. The molecule has 19 nitrogen and oxygen atoms in total. The Morgan fingerprint density at radius 2 is 0.687 bits per heavy atom. The van der Waals surface area contributed by atoms with E-state index in [0.29, 0.717) is 12.8 Å². The van der Waals surface area contributed by atoms with Crippen LogP contribution in [-0.4, -0.2) is 193 Å². The van der Waals surface area contributed by atoms with Crippen LogP contribution in [0.15, 0.2) is 0 Å². The largest absolute Gasteiger partial charge is 0.394 e. The Bertz CT molecular complexity index is 1520. The molecule has 0 saturated carbocycles. The van der Waals surface area contributed by atoms with E-state index in [1.165, 1.54) is 193 Å². The van der Waals surface area contributed by atoms with Crippen molar-refractivity contribution in [1.29, 1.82) is 0 Å². The number of nitrogens with one attached hydrogen (secondary N) is 1. The standard InChI is InChI=1S/C64H123NO18/c1-3-5-7-9-11-13-15-17-19-21-22-23-24-25-26-27-29-31-33-35-37-39-41-48(69)47(65-52(70)42-40-38-36-34-32-30-28-20-18-16-14-12-10-8-6-4-2)46-78-62-58(76)55(73)60(50(44-67)80-62)83-64-59(77)56(74)61(51(45-68)81-64)82-63-57(75)54(72)53(71)49(43-66)79-63/h47-51,53-64,66-69,71-77H,3-46H2,1-2H3,(H,65,70). The molecule has 0 radical (unpaired) electrons. The van der Waals surface area contributed by atoms with E-state index in [1.54, 1.807) is 0 Å². The molecule has 17 atom stereocenters. The van der Waals surface area contributed by atoms with Crippen LogP contribution >= 0.6 is 0 Å². The van der Waals surface area contributed by atoms with Crippen molar-refractivity contribution in [2.45, 2.75) is 375 Å². The minimum absolute atomic E-state index is 0.237. The third-order valence-electron chi connectivity index (χ3n) is 17.4. The van der Waals surface area contributed by atoms with Gasteiger partial charge in [-0.3, -0.25) is 4.79 Å². The highest BCUT2D eigenvalue weighted by molar-refractivity contribution is 5.76. The predicted octanol–water partition coefficient (Wildman–Crippen LogP) is 7.94. The van der Waals surface area contributed by atoms with Gasteiger partial charge in [0.15, 0.2) is 18.9 Å². The summed E-state index contributed by atoms with van der Waals surface area (Å²) in [5.74, 6) is -0.237. The highest BCUT2D eigenvalue weighted by Gasteiger charge is 2.53. The summed E-state index contributed by atoms with van der Waals surface area (Å²) in [4.78, 5) is 13.4. The number of hydrogen-bond acceptors (Lipinski definition) is 18. The van der Waals surface area contributed by atoms with Crippen molar-refractivity contribution < 1.29 is 89.4 Å². The van der Waals surface area contributed by atoms with Crippen LogP contribution < -0.4 is 5.32 Å². The van der Waals surface area contributed by atoms with Gasteiger partial charge in [-0.2, -0.15) is 0 Å². The molecule has 19 heteroatoms. The molecule has 3 saturated heterocycles. The fraction of sp³-hybridized carbons (Fsp3) is 0.984. The number of aliphatic hydroxyl groups excluding tert-OH is 11. The van der Waals surface area contributed by atoms with Crippen LogP contribution in [0.4, 0.5) is 0 Å². The minimum atomic E-state index is -1.97. The molecule has 12 N–H and O–H groups in total. The van der Waals surface area contributed by atoms with Crippen molar-refractivity contribution in [3.05, 3.63) is 0 Å². The summed E-state index contributed by atoms with van der Waals surface area (Å²) in [6.45, 7) is 1.83. The van der Waals surface area contributed by atoms with Crippen molar-refractivity contribution in [2.75, 3.05) is 26.4 Å². The fourth-order valence-electron chi connectivity index (χ4n) is 11.9. The second-order valence-electron chi connectivity index (χ2n) is 24.7. The second kappa shape index (κ2) is 47.7. The van der Waals surface area contributed by atoms with E-state index in [1.807, 2.05) is 0 Å². The molecule has 0 aromatic rings. The Morgan fingerprint density at radius 3 is 1.05 bits per heavy atom. The van der Waals surface area contributed by atoms with Crippen LogP contribution in [0.5, 0.6) is 0 Å². The van der Waals surface area contributed by atoms with Crippen molar-refractivity contribution >= 4 is 5.91 Å². The molecule has 492 valence electrons. The quantitative estimate of drug-likeness (QED) is 0.0257. The SMILES string of the molecule is CCCCCCCCCCCCCCCCCCCCCCCCC(O)C(COC1OC(CO)C(OC2OC(CO)C(OC3OC(CO)C(O)C(O)C3O)C(O)C2O)C(O)C1O)NC(=O)CCCCCCCCCCCCCCCCCC. The first-order valence-electron chi connectivity index (χ1n) is 33.8. The Hall–Kier alpha value is -1.21. The van der Waals surface area contributed by atoms with E-state index in [2.05, 4.69) is 19.2 Å². The summed E-state index contributed by atoms with van der Waals surface area (Å²) >= 11 is 0. The molecule has 1 amide bonds. The number of amides is 1. The molecule has 83 heavy (non-hydrogen) atoms. The Morgan fingerprint density at radius 1 is 0.386 bits per heavy atom. The van der Waals surface area contributed by atoms with Crippen LogP contribution in [0.1, 0.15) is 271 Å². The summed E-state index contributed by atoms with van der Waals surface area (Å²) in [5, 5.41) is 121. The summed E-state index contributed by atoms with van der Waals surface area (Å²) < 4.78 is 34.4. The molecule has 0 spiro atoms. The van der Waals surface area contributed by atoms with E-state index in [4.69, 9.17) is 28.4 Å². The number of rotatable bonds is 52. The average molecular weight is 1190 g/mol. The lowest BCUT2D eigenvalue weighted by molar-refractivity contribution is -0.379. The van der Waals surface area contributed by atoms with Crippen molar-refractivity contribution in [1.82, 2.24) is 5.32 Å². The number of carbonyl (C=O) groups is 1. The monoisotopic (exact) mass is 1190 g/mol. The number of carbonyl (C=O) groups excluding carboxylic acids is 1. The molecule has 3 aliphatic heterocycles. The van der Waals surface area contributed by atoms with Crippen LogP contribution in [0.3, 0.4) is 0 Å². The smallest absolute Gasteiger partial charge is 0.220 e. The van der Waals surface area contributed by atoms with E-state index in [9.17, 15) is 61.0 Å². The van der Waals surface area contributed by atoms with Gasteiger partial charge in [-0.25, -0.2) is 0 Å². The molecule has 3 aliphatic rings. The average Bonchev–Trinajstić information content (AvgIpc) is 3.25. The molecular formula is C64H123NO18. The topological polar surface area (TPSA) is 307 Å². The zero-order chi connectivity index (χ0) is 60.5. The zero-order valence-electron chi connectivity index (χ0n) is 51.7. The van der Waals surface area contributed by atoms with Gasteiger partial charge >= 0.3 is 0 Å². The predicted molar refractivity (Wildman–Crippen MR) is 319 cm³/mol. The first-order valence-corrected chi connectivity index (χ1v) is 33.8. The lowest BCUT2D eigenvalue weighted by Gasteiger charge is -2.48.